The van der Waals surface area contributed by atoms with Gasteiger partial charge in [-0.2, -0.15) is 10.3 Å². The second-order valence-corrected chi connectivity index (χ2v) is 3.73. The van der Waals surface area contributed by atoms with E-state index in [1.54, 1.807) is 0 Å². The molecule has 1 aromatic carbocycles. The van der Waals surface area contributed by atoms with Crippen LogP contribution in [0.4, 0.5) is 5.69 Å². The third-order valence-electron chi connectivity index (χ3n) is 1.89. The molecule has 0 saturated carbocycles. The third kappa shape index (κ3) is 2.21. The number of aryl methyl sites for hydroxylation is 1. The molecular weight excluding hydrogens is 212 g/mol. The molecule has 0 aliphatic heterocycles. The summed E-state index contributed by atoms with van der Waals surface area (Å²) >= 11 is 5.70. The van der Waals surface area contributed by atoms with Gasteiger partial charge in [0.05, 0.1) is 10.8 Å². The van der Waals surface area contributed by atoms with Crippen molar-refractivity contribution in [3.05, 3.63) is 23.3 Å². The number of hydrogen-bond acceptors (Lipinski definition) is 4. The summed E-state index contributed by atoms with van der Waals surface area (Å²) < 4.78 is 0. The molecule has 0 bridgehead atoms. The number of hydrogen-bond donors (Lipinski definition) is 0. The van der Waals surface area contributed by atoms with Crippen molar-refractivity contribution in [1.29, 1.82) is 5.26 Å². The minimum Gasteiger partial charge on any atom is -0.194 e. The molecule has 0 heterocycles. The Balaban J connectivity index is 3.34. The molecule has 0 spiro atoms. The second kappa shape index (κ2) is 4.92. The van der Waals surface area contributed by atoms with Crippen molar-refractivity contribution < 1.29 is 0 Å². The zero-order valence-corrected chi connectivity index (χ0v) is 9.50. The third-order valence-corrected chi connectivity index (χ3v) is 2.90. The van der Waals surface area contributed by atoms with Crippen LogP contribution in [0.25, 0.3) is 0 Å². The van der Waals surface area contributed by atoms with Gasteiger partial charge in [-0.1, -0.05) is 6.07 Å². The number of aliphatic imine (C=N–C) groups is 1. The minimum absolute atomic E-state index is 0.781. The number of thioether (sulfide) groups is 1. The van der Waals surface area contributed by atoms with E-state index in [-0.39, 0.29) is 0 Å². The lowest BCUT2D eigenvalue weighted by molar-refractivity contribution is 1.21. The standard InChI is InChI=1S/C10H8N2S2/c1-7-3-4-9(12-6-13)8(2)10(7)14-5-11/h3-4H,1-2H3. The van der Waals surface area contributed by atoms with Gasteiger partial charge in [0.1, 0.15) is 5.40 Å². The first-order valence-corrected chi connectivity index (χ1v) is 5.17. The minimum atomic E-state index is 0.781. The molecule has 2 nitrogen and oxygen atoms in total. The van der Waals surface area contributed by atoms with E-state index in [0.717, 1.165) is 33.5 Å². The summed E-state index contributed by atoms with van der Waals surface area (Å²) in [6.07, 6.45) is 0. The number of nitriles is 1. The number of rotatable bonds is 2. The van der Waals surface area contributed by atoms with Gasteiger partial charge >= 0.3 is 0 Å². The van der Waals surface area contributed by atoms with E-state index in [1.807, 2.05) is 26.0 Å². The largest absolute Gasteiger partial charge is 0.194 e. The Morgan fingerprint density at radius 3 is 2.71 bits per heavy atom. The SMILES string of the molecule is Cc1ccc(N=C=S)c(C)c1SC#N. The van der Waals surface area contributed by atoms with Gasteiger partial charge < -0.3 is 0 Å². The maximum absolute atomic E-state index is 8.64. The van der Waals surface area contributed by atoms with Crippen LogP contribution in [0.15, 0.2) is 22.0 Å². The predicted octanol–water partition coefficient (Wildman–Crippen LogP) is 3.61. The summed E-state index contributed by atoms with van der Waals surface area (Å²) in [7, 11) is 0. The molecule has 14 heavy (non-hydrogen) atoms. The van der Waals surface area contributed by atoms with E-state index in [9.17, 15) is 0 Å². The van der Waals surface area contributed by atoms with Crippen molar-refractivity contribution in [2.75, 3.05) is 0 Å². The first-order chi connectivity index (χ1) is 6.70. The fourth-order valence-corrected chi connectivity index (χ4v) is 1.87. The van der Waals surface area contributed by atoms with Crippen LogP contribution in [0, 0.1) is 24.5 Å². The summed E-state index contributed by atoms with van der Waals surface area (Å²) in [6.45, 7) is 3.90. The van der Waals surface area contributed by atoms with Gasteiger partial charge in [0.15, 0.2) is 0 Å². The molecule has 0 amide bonds. The van der Waals surface area contributed by atoms with E-state index in [2.05, 4.69) is 27.8 Å². The van der Waals surface area contributed by atoms with Crippen LogP contribution in [-0.2, 0) is 0 Å². The van der Waals surface area contributed by atoms with Gasteiger partial charge in [0.25, 0.3) is 0 Å². The van der Waals surface area contributed by atoms with Crippen LogP contribution in [0.3, 0.4) is 0 Å². The van der Waals surface area contributed by atoms with Crippen LogP contribution in [-0.4, -0.2) is 5.16 Å². The molecule has 0 atom stereocenters. The molecule has 0 fully saturated rings. The number of benzene rings is 1. The van der Waals surface area contributed by atoms with Crippen molar-refractivity contribution in [1.82, 2.24) is 0 Å². The maximum Gasteiger partial charge on any atom is 0.138 e. The summed E-state index contributed by atoms with van der Waals surface area (Å²) in [6, 6.07) is 3.81. The van der Waals surface area contributed by atoms with Crippen molar-refractivity contribution in [2.24, 2.45) is 4.99 Å². The van der Waals surface area contributed by atoms with Crippen LogP contribution >= 0.6 is 24.0 Å². The Labute approximate surface area is 92.7 Å². The Bertz CT molecular complexity index is 440. The highest BCUT2D eigenvalue weighted by Gasteiger charge is 2.06. The number of nitrogens with zero attached hydrogens (tertiary/aromatic N) is 2. The van der Waals surface area contributed by atoms with Crippen LogP contribution in [0.2, 0.25) is 0 Å². The van der Waals surface area contributed by atoms with Gasteiger partial charge in [-0.3, -0.25) is 0 Å². The molecule has 0 unspecified atom stereocenters. The molecule has 0 saturated heterocycles. The zero-order chi connectivity index (χ0) is 10.6. The van der Waals surface area contributed by atoms with Crippen molar-refractivity contribution in [3.8, 4) is 5.40 Å². The molecular formula is C10H8N2S2. The highest BCUT2D eigenvalue weighted by Crippen LogP contribution is 2.31. The summed E-state index contributed by atoms with van der Waals surface area (Å²) in [5.74, 6) is 0. The smallest absolute Gasteiger partial charge is 0.138 e. The fourth-order valence-electron chi connectivity index (χ4n) is 1.19. The average Bonchev–Trinajstić information content (AvgIpc) is 2.17. The van der Waals surface area contributed by atoms with Gasteiger partial charge in [-0.25, -0.2) is 0 Å². The molecule has 70 valence electrons. The van der Waals surface area contributed by atoms with Crippen molar-refractivity contribution >= 4 is 34.8 Å². The molecule has 1 rings (SSSR count). The number of isothiocyanates is 1. The topological polar surface area (TPSA) is 36.1 Å². The molecule has 0 aliphatic rings. The van der Waals surface area contributed by atoms with Crippen molar-refractivity contribution in [3.63, 3.8) is 0 Å². The van der Waals surface area contributed by atoms with E-state index in [4.69, 9.17) is 5.26 Å². The molecule has 0 aromatic heterocycles. The highest BCUT2D eigenvalue weighted by molar-refractivity contribution is 8.03. The van der Waals surface area contributed by atoms with Crippen LogP contribution < -0.4 is 0 Å². The summed E-state index contributed by atoms with van der Waals surface area (Å²) in [5.41, 5.74) is 2.84. The molecule has 0 aliphatic carbocycles. The zero-order valence-electron chi connectivity index (χ0n) is 7.87. The quantitative estimate of drug-likeness (QED) is 0.330. The van der Waals surface area contributed by atoms with E-state index in [0.29, 0.717) is 0 Å². The maximum atomic E-state index is 8.64. The second-order valence-electron chi connectivity index (χ2n) is 2.75. The van der Waals surface area contributed by atoms with Crippen LogP contribution in [0.5, 0.6) is 0 Å². The number of thiocyanates is 1. The lowest BCUT2D eigenvalue weighted by atomic mass is 10.1. The van der Waals surface area contributed by atoms with Gasteiger partial charge in [0, 0.05) is 4.90 Å². The summed E-state index contributed by atoms with van der Waals surface area (Å²) in [4.78, 5) is 4.89. The number of thiocarbonyl (C=S) groups is 1. The Kier molecular flexibility index (Phi) is 3.84. The molecule has 4 heteroatoms. The van der Waals surface area contributed by atoms with E-state index < -0.39 is 0 Å². The highest BCUT2D eigenvalue weighted by atomic mass is 32.2. The fraction of sp³-hybridized carbons (Fsp3) is 0.200. The average molecular weight is 220 g/mol. The normalized spacial score (nSPS) is 8.93. The molecule has 1 aromatic rings. The lowest BCUT2D eigenvalue weighted by Gasteiger charge is -2.06. The van der Waals surface area contributed by atoms with Gasteiger partial charge in [0.2, 0.25) is 0 Å². The Morgan fingerprint density at radius 2 is 2.14 bits per heavy atom. The van der Waals surface area contributed by atoms with E-state index in [1.165, 1.54) is 0 Å². The van der Waals surface area contributed by atoms with E-state index >= 15 is 0 Å². The monoisotopic (exact) mass is 220 g/mol. The Hall–Kier alpha value is -1.14. The van der Waals surface area contributed by atoms with Crippen LogP contribution in [0.1, 0.15) is 11.1 Å². The van der Waals surface area contributed by atoms with Gasteiger partial charge in [-0.05, 0) is 55.0 Å². The van der Waals surface area contributed by atoms with Gasteiger partial charge in [-0.15, -0.1) is 0 Å². The first-order valence-electron chi connectivity index (χ1n) is 3.94. The molecule has 0 N–H and O–H groups in total. The first kappa shape index (κ1) is 10.9. The predicted molar refractivity (Wildman–Crippen MR) is 62.1 cm³/mol. The summed E-state index contributed by atoms with van der Waals surface area (Å²) in [5, 5.41) is 13.0. The lowest BCUT2D eigenvalue weighted by Crippen LogP contribution is -1.84. The molecule has 0 radical (unpaired) electrons. The Morgan fingerprint density at radius 1 is 1.43 bits per heavy atom. The van der Waals surface area contributed by atoms with Crippen molar-refractivity contribution in [2.45, 2.75) is 18.7 Å².